The second kappa shape index (κ2) is 10.7. The van der Waals surface area contributed by atoms with Crippen LogP contribution in [0.2, 0.25) is 0 Å². The van der Waals surface area contributed by atoms with Crippen LogP contribution < -0.4 is 10.1 Å². The van der Waals surface area contributed by atoms with Gasteiger partial charge in [0.15, 0.2) is 8.68 Å². The van der Waals surface area contributed by atoms with E-state index in [1.165, 1.54) is 28.7 Å². The minimum Gasteiger partial charge on any atom is -0.497 e. The number of aromatic nitrogens is 2. The van der Waals surface area contributed by atoms with Crippen molar-refractivity contribution >= 4 is 40.8 Å². The zero-order valence-corrected chi connectivity index (χ0v) is 17.1. The Labute approximate surface area is 161 Å². The highest BCUT2D eigenvalue weighted by Gasteiger charge is 2.11. The van der Waals surface area contributed by atoms with Gasteiger partial charge in [-0.3, -0.25) is 4.79 Å². The Balaban J connectivity index is 1.76. The van der Waals surface area contributed by atoms with Gasteiger partial charge < -0.3 is 10.1 Å². The maximum absolute atomic E-state index is 11.9. The summed E-state index contributed by atoms with van der Waals surface area (Å²) in [5, 5.41) is 11.4. The standard InChI is InChI=1S/C17H23N3O2S3/c1-4-13(5-2)18-15(21)11-24-17-20-19-16(25-17)23-10-12-6-8-14(22-3)9-7-12/h6-9,13H,4-5,10-11H2,1-3H3,(H,18,21). The molecular weight excluding hydrogens is 374 g/mol. The van der Waals surface area contributed by atoms with Gasteiger partial charge in [0.2, 0.25) is 5.91 Å². The number of nitrogens with zero attached hydrogens (tertiary/aromatic N) is 2. The summed E-state index contributed by atoms with van der Waals surface area (Å²) >= 11 is 4.62. The Morgan fingerprint density at radius 2 is 1.80 bits per heavy atom. The van der Waals surface area contributed by atoms with Crippen LogP contribution in [0.4, 0.5) is 0 Å². The number of thioether (sulfide) groups is 2. The van der Waals surface area contributed by atoms with Crippen molar-refractivity contribution in [3.8, 4) is 5.75 Å². The Morgan fingerprint density at radius 3 is 2.40 bits per heavy atom. The van der Waals surface area contributed by atoms with Gasteiger partial charge in [-0.25, -0.2) is 0 Å². The first kappa shape index (κ1) is 20.1. The topological polar surface area (TPSA) is 64.1 Å². The fourth-order valence-electron chi connectivity index (χ4n) is 2.07. The quantitative estimate of drug-likeness (QED) is 0.605. The summed E-state index contributed by atoms with van der Waals surface area (Å²) in [4.78, 5) is 11.9. The molecule has 2 aromatic rings. The maximum atomic E-state index is 11.9. The minimum atomic E-state index is 0.0568. The molecule has 5 nitrogen and oxygen atoms in total. The summed E-state index contributed by atoms with van der Waals surface area (Å²) in [5.41, 5.74) is 1.21. The molecule has 1 N–H and O–H groups in total. The number of ether oxygens (including phenoxy) is 1. The first-order chi connectivity index (χ1) is 12.1. The molecule has 0 fully saturated rings. The molecule has 0 bridgehead atoms. The lowest BCUT2D eigenvalue weighted by molar-refractivity contribution is -0.119. The van der Waals surface area contributed by atoms with Gasteiger partial charge in [0.25, 0.3) is 0 Å². The Kier molecular flexibility index (Phi) is 8.57. The summed E-state index contributed by atoms with van der Waals surface area (Å²) in [6.45, 7) is 4.16. The lowest BCUT2D eigenvalue weighted by atomic mass is 10.2. The molecule has 0 radical (unpaired) electrons. The van der Waals surface area contributed by atoms with Crippen LogP contribution in [-0.4, -0.2) is 35.0 Å². The number of hydrogen-bond donors (Lipinski definition) is 1. The van der Waals surface area contributed by atoms with Gasteiger partial charge in [-0.05, 0) is 30.5 Å². The van der Waals surface area contributed by atoms with Crippen LogP contribution in [0, 0.1) is 0 Å². The minimum absolute atomic E-state index is 0.0568. The van der Waals surface area contributed by atoms with E-state index in [9.17, 15) is 4.79 Å². The van der Waals surface area contributed by atoms with E-state index in [4.69, 9.17) is 4.74 Å². The first-order valence-electron chi connectivity index (χ1n) is 8.16. The molecule has 8 heteroatoms. The maximum Gasteiger partial charge on any atom is 0.230 e. The summed E-state index contributed by atoms with van der Waals surface area (Å²) in [6, 6.07) is 8.26. The Hall–Kier alpha value is -1.25. The van der Waals surface area contributed by atoms with Gasteiger partial charge in [-0.15, -0.1) is 10.2 Å². The van der Waals surface area contributed by atoms with Crippen LogP contribution in [0.5, 0.6) is 5.75 Å². The van der Waals surface area contributed by atoms with Crippen molar-refractivity contribution in [2.45, 2.75) is 47.2 Å². The van der Waals surface area contributed by atoms with Crippen molar-refractivity contribution in [1.82, 2.24) is 15.5 Å². The number of methoxy groups -OCH3 is 1. The molecule has 0 atom stereocenters. The molecule has 0 unspecified atom stereocenters. The van der Waals surface area contributed by atoms with Crippen LogP contribution in [0.1, 0.15) is 32.3 Å². The third-order valence-corrected chi connectivity index (χ3v) is 6.85. The molecule has 2 rings (SSSR count). The van der Waals surface area contributed by atoms with Gasteiger partial charge in [0.1, 0.15) is 5.75 Å². The van der Waals surface area contributed by atoms with E-state index >= 15 is 0 Å². The average Bonchev–Trinajstić information content (AvgIpc) is 3.11. The van der Waals surface area contributed by atoms with Crippen molar-refractivity contribution in [3.05, 3.63) is 29.8 Å². The first-order valence-corrected chi connectivity index (χ1v) is 10.9. The zero-order valence-electron chi connectivity index (χ0n) is 14.7. The molecule has 0 saturated carbocycles. The molecular formula is C17H23N3O2S3. The Morgan fingerprint density at radius 1 is 1.16 bits per heavy atom. The number of carbonyl (C=O) groups excluding carboxylic acids is 1. The van der Waals surface area contributed by atoms with E-state index in [1.807, 2.05) is 24.3 Å². The summed E-state index contributed by atoms with van der Waals surface area (Å²) in [6.07, 6.45) is 1.91. The van der Waals surface area contributed by atoms with Gasteiger partial charge in [-0.1, -0.05) is 60.8 Å². The SMILES string of the molecule is CCC(CC)NC(=O)CSc1nnc(SCc2ccc(OC)cc2)s1. The molecule has 0 aliphatic rings. The fourth-order valence-corrected chi connectivity index (χ4v) is 4.86. The van der Waals surface area contributed by atoms with Crippen molar-refractivity contribution in [2.24, 2.45) is 0 Å². The normalized spacial score (nSPS) is 10.9. The van der Waals surface area contributed by atoms with Gasteiger partial charge in [0.05, 0.1) is 12.9 Å². The van der Waals surface area contributed by atoms with Gasteiger partial charge in [0, 0.05) is 11.8 Å². The number of carbonyl (C=O) groups is 1. The largest absolute Gasteiger partial charge is 0.497 e. The number of amides is 1. The summed E-state index contributed by atoms with van der Waals surface area (Å²) in [7, 11) is 1.66. The Bertz CT molecular complexity index is 657. The molecule has 0 aliphatic carbocycles. The second-order valence-electron chi connectivity index (χ2n) is 5.34. The third-order valence-electron chi connectivity index (χ3n) is 3.59. The van der Waals surface area contributed by atoms with Crippen molar-refractivity contribution in [3.63, 3.8) is 0 Å². The van der Waals surface area contributed by atoms with Crippen LogP contribution in [0.15, 0.2) is 32.9 Å². The highest BCUT2D eigenvalue weighted by atomic mass is 32.2. The van der Waals surface area contributed by atoms with Crippen molar-refractivity contribution < 1.29 is 9.53 Å². The smallest absolute Gasteiger partial charge is 0.230 e. The molecule has 1 aromatic carbocycles. The molecule has 136 valence electrons. The zero-order chi connectivity index (χ0) is 18.1. The second-order valence-corrected chi connectivity index (χ2v) is 8.76. The average molecular weight is 398 g/mol. The molecule has 1 amide bonds. The third kappa shape index (κ3) is 6.87. The van der Waals surface area contributed by atoms with E-state index in [-0.39, 0.29) is 11.9 Å². The lowest BCUT2D eigenvalue weighted by Gasteiger charge is -2.13. The summed E-state index contributed by atoms with van der Waals surface area (Å²) < 4.78 is 6.90. The van der Waals surface area contributed by atoms with Crippen molar-refractivity contribution in [2.75, 3.05) is 12.9 Å². The number of rotatable bonds is 10. The lowest BCUT2D eigenvalue weighted by Crippen LogP contribution is -2.34. The van der Waals surface area contributed by atoms with E-state index < -0.39 is 0 Å². The number of hydrogen-bond acceptors (Lipinski definition) is 7. The fraction of sp³-hybridized carbons (Fsp3) is 0.471. The molecule has 0 saturated heterocycles. The molecule has 25 heavy (non-hydrogen) atoms. The van der Waals surface area contributed by atoms with Crippen LogP contribution in [0.25, 0.3) is 0 Å². The number of nitrogens with one attached hydrogen (secondary N) is 1. The van der Waals surface area contributed by atoms with Crippen LogP contribution in [-0.2, 0) is 10.5 Å². The molecule has 1 heterocycles. The van der Waals surface area contributed by atoms with E-state index in [2.05, 4.69) is 29.4 Å². The molecule has 0 spiro atoms. The van der Waals surface area contributed by atoms with Gasteiger partial charge >= 0.3 is 0 Å². The van der Waals surface area contributed by atoms with Gasteiger partial charge in [-0.2, -0.15) is 0 Å². The predicted molar refractivity (Wildman–Crippen MR) is 106 cm³/mol. The monoisotopic (exact) mass is 397 g/mol. The van der Waals surface area contributed by atoms with Crippen LogP contribution >= 0.6 is 34.9 Å². The predicted octanol–water partition coefficient (Wildman–Crippen LogP) is 4.24. The van der Waals surface area contributed by atoms with E-state index in [0.717, 1.165) is 33.0 Å². The highest BCUT2D eigenvalue weighted by Crippen LogP contribution is 2.30. The highest BCUT2D eigenvalue weighted by molar-refractivity contribution is 8.03. The van der Waals surface area contributed by atoms with Crippen molar-refractivity contribution in [1.29, 1.82) is 0 Å². The summed E-state index contributed by atoms with van der Waals surface area (Å²) in [5.74, 6) is 2.13. The van der Waals surface area contributed by atoms with Crippen LogP contribution in [0.3, 0.4) is 0 Å². The molecule has 1 aromatic heterocycles. The van der Waals surface area contributed by atoms with E-state index in [1.54, 1.807) is 18.9 Å². The van der Waals surface area contributed by atoms with E-state index in [0.29, 0.717) is 5.75 Å². The number of benzene rings is 1. The molecule has 0 aliphatic heterocycles.